The summed E-state index contributed by atoms with van der Waals surface area (Å²) in [5.74, 6) is -6.10. The molecule has 2 N–H and O–H groups in total. The topological polar surface area (TPSA) is 118 Å². The number of carbonyl (C=O) groups excluding carboxylic acids is 3. The van der Waals surface area contributed by atoms with Crippen LogP contribution in [0.3, 0.4) is 0 Å². The van der Waals surface area contributed by atoms with Crippen LogP contribution in [0.2, 0.25) is 0 Å². The van der Waals surface area contributed by atoms with E-state index in [1.165, 1.54) is 30.4 Å². The number of aliphatic hydroxyl groups excluding tert-OH is 1. The molecule has 5 rings (SSSR count). The standard InChI is InChI=1S/C29H31FO7/c1-16-13-21-20-10-9-18-14-19(31)11-12-26(18,2)28(20,30)22(32)15-27(21,3)29(16,23(33)24(34)35)37-25(36)17-7-5-4-6-8-17/h4-8,11-12,14,16,20-22,32H,9-10,13,15H2,1-3H3,(H,34,35)/t16-,20-,21-,22-,26-,27-,28-,29-/m0/s1. The predicted octanol–water partition coefficient (Wildman–Crippen LogP) is 3.85. The zero-order valence-corrected chi connectivity index (χ0v) is 21.1. The Balaban J connectivity index is 1.63. The van der Waals surface area contributed by atoms with E-state index >= 15 is 4.39 Å². The fourth-order valence-corrected chi connectivity index (χ4v) is 8.22. The molecule has 0 amide bonds. The molecule has 4 aliphatic carbocycles. The summed E-state index contributed by atoms with van der Waals surface area (Å²) in [6, 6.07) is 7.99. The first kappa shape index (κ1) is 25.5. The summed E-state index contributed by atoms with van der Waals surface area (Å²) in [6.07, 6.45) is 3.42. The van der Waals surface area contributed by atoms with Gasteiger partial charge in [0.1, 0.15) is 0 Å². The van der Waals surface area contributed by atoms with Crippen molar-refractivity contribution in [2.75, 3.05) is 0 Å². The van der Waals surface area contributed by atoms with Gasteiger partial charge in [-0.25, -0.2) is 14.0 Å². The maximum Gasteiger partial charge on any atom is 0.376 e. The van der Waals surface area contributed by atoms with Crippen molar-refractivity contribution >= 4 is 23.5 Å². The number of carboxylic acids is 1. The van der Waals surface area contributed by atoms with E-state index < -0.39 is 63.7 Å². The Morgan fingerprint density at radius 2 is 1.78 bits per heavy atom. The fourth-order valence-electron chi connectivity index (χ4n) is 8.22. The quantitative estimate of drug-likeness (QED) is 0.467. The lowest BCUT2D eigenvalue weighted by Gasteiger charge is -2.62. The highest BCUT2D eigenvalue weighted by atomic mass is 19.1. The summed E-state index contributed by atoms with van der Waals surface area (Å²) < 4.78 is 23.3. The van der Waals surface area contributed by atoms with Gasteiger partial charge < -0.3 is 14.9 Å². The van der Waals surface area contributed by atoms with Gasteiger partial charge in [-0.3, -0.25) is 9.59 Å². The molecular formula is C29H31FO7. The number of halogens is 1. The van der Waals surface area contributed by atoms with Crippen LogP contribution in [0.25, 0.3) is 0 Å². The van der Waals surface area contributed by atoms with Crippen LogP contribution < -0.4 is 0 Å². The van der Waals surface area contributed by atoms with Gasteiger partial charge in [-0.1, -0.05) is 43.7 Å². The molecule has 3 fully saturated rings. The average molecular weight is 511 g/mol. The number of ketones is 2. The lowest BCUT2D eigenvalue weighted by Crippen LogP contribution is -2.70. The summed E-state index contributed by atoms with van der Waals surface area (Å²) >= 11 is 0. The second-order valence-electron chi connectivity index (χ2n) is 11.5. The van der Waals surface area contributed by atoms with Gasteiger partial charge >= 0.3 is 11.9 Å². The molecule has 0 aliphatic heterocycles. The minimum absolute atomic E-state index is 0.160. The molecule has 0 heterocycles. The van der Waals surface area contributed by atoms with E-state index in [-0.39, 0.29) is 24.2 Å². The molecule has 0 aromatic heterocycles. The normalized spacial score (nSPS) is 42.2. The number of aliphatic carboxylic acids is 1. The van der Waals surface area contributed by atoms with Crippen molar-refractivity contribution in [1.29, 1.82) is 0 Å². The van der Waals surface area contributed by atoms with E-state index in [0.29, 0.717) is 18.4 Å². The molecule has 196 valence electrons. The Kier molecular flexibility index (Phi) is 5.64. The second-order valence-corrected chi connectivity index (χ2v) is 11.5. The molecule has 8 atom stereocenters. The maximum atomic E-state index is 17.4. The summed E-state index contributed by atoms with van der Waals surface area (Å²) in [5.41, 5.74) is -6.02. The molecular weight excluding hydrogens is 479 g/mol. The smallest absolute Gasteiger partial charge is 0.376 e. The molecule has 37 heavy (non-hydrogen) atoms. The minimum atomic E-state index is -2.15. The van der Waals surface area contributed by atoms with Crippen molar-refractivity contribution in [3.05, 3.63) is 59.7 Å². The Morgan fingerprint density at radius 1 is 1.11 bits per heavy atom. The Hall–Kier alpha value is -3.13. The largest absolute Gasteiger partial charge is 0.475 e. The number of fused-ring (bicyclic) bond motifs is 5. The summed E-state index contributed by atoms with van der Waals surface area (Å²) in [5, 5.41) is 21.4. The van der Waals surface area contributed by atoms with E-state index in [0.717, 1.165) is 0 Å². The molecule has 0 bridgehead atoms. The summed E-state index contributed by atoms with van der Waals surface area (Å²) in [6.45, 7) is 4.99. The third kappa shape index (κ3) is 3.14. The molecule has 0 spiro atoms. The average Bonchev–Trinajstić information content (AvgIpc) is 3.07. The number of Topliss-reactive ketones (excluding diaryl/α,β-unsaturated/α-hetero) is 1. The second kappa shape index (κ2) is 8.18. The molecule has 8 heteroatoms. The maximum absolute atomic E-state index is 17.4. The van der Waals surface area contributed by atoms with E-state index in [1.807, 2.05) is 0 Å². The number of carbonyl (C=O) groups is 4. The molecule has 1 aromatic rings. The molecule has 1 aromatic carbocycles. The molecule has 3 saturated carbocycles. The third-order valence-corrected chi connectivity index (χ3v) is 9.98. The zero-order valence-electron chi connectivity index (χ0n) is 21.1. The van der Waals surface area contributed by atoms with Crippen molar-refractivity contribution in [1.82, 2.24) is 0 Å². The van der Waals surface area contributed by atoms with E-state index in [9.17, 15) is 29.4 Å². The predicted molar refractivity (Wildman–Crippen MR) is 130 cm³/mol. The van der Waals surface area contributed by atoms with Crippen LogP contribution in [0, 0.1) is 28.6 Å². The van der Waals surface area contributed by atoms with Gasteiger partial charge in [0.25, 0.3) is 5.78 Å². The Morgan fingerprint density at radius 3 is 2.43 bits per heavy atom. The lowest BCUT2D eigenvalue weighted by atomic mass is 9.44. The van der Waals surface area contributed by atoms with Crippen LogP contribution in [0.1, 0.15) is 56.8 Å². The first-order valence-electron chi connectivity index (χ1n) is 12.7. The van der Waals surface area contributed by atoms with Crippen LogP contribution in [0.15, 0.2) is 54.1 Å². The Labute approximate surface area is 214 Å². The number of allylic oxidation sites excluding steroid dienone is 4. The third-order valence-electron chi connectivity index (χ3n) is 9.98. The number of benzene rings is 1. The van der Waals surface area contributed by atoms with Crippen LogP contribution >= 0.6 is 0 Å². The van der Waals surface area contributed by atoms with E-state index in [4.69, 9.17) is 4.74 Å². The van der Waals surface area contributed by atoms with Crippen molar-refractivity contribution in [2.24, 2.45) is 28.6 Å². The van der Waals surface area contributed by atoms with Crippen LogP contribution in [0.4, 0.5) is 4.39 Å². The van der Waals surface area contributed by atoms with Gasteiger partial charge in [-0.2, -0.15) is 0 Å². The first-order chi connectivity index (χ1) is 17.3. The van der Waals surface area contributed by atoms with E-state index in [1.54, 1.807) is 39.0 Å². The highest BCUT2D eigenvalue weighted by Gasteiger charge is 2.78. The number of rotatable bonds is 4. The van der Waals surface area contributed by atoms with Crippen LogP contribution in [-0.2, 0) is 19.1 Å². The number of hydrogen-bond acceptors (Lipinski definition) is 6. The number of aliphatic hydroxyl groups is 1. The molecule has 7 nitrogen and oxygen atoms in total. The highest BCUT2D eigenvalue weighted by Crippen LogP contribution is 2.71. The number of esters is 1. The Bertz CT molecular complexity index is 1250. The number of carboxylic acid groups (broad SMARTS) is 1. The molecule has 4 aliphatic rings. The zero-order chi connectivity index (χ0) is 27.0. The van der Waals surface area contributed by atoms with Crippen LogP contribution in [0.5, 0.6) is 0 Å². The number of alkyl halides is 1. The van der Waals surface area contributed by atoms with Crippen molar-refractivity contribution in [3.8, 4) is 0 Å². The summed E-state index contributed by atoms with van der Waals surface area (Å²) in [4.78, 5) is 50.9. The van der Waals surface area contributed by atoms with E-state index in [2.05, 4.69) is 0 Å². The molecule has 0 radical (unpaired) electrons. The fraction of sp³-hybridized carbons (Fsp3) is 0.517. The number of hydrogen-bond donors (Lipinski definition) is 2. The first-order valence-corrected chi connectivity index (χ1v) is 12.7. The van der Waals surface area contributed by atoms with Gasteiger partial charge in [0.2, 0.25) is 0 Å². The van der Waals surface area contributed by atoms with Gasteiger partial charge in [0.05, 0.1) is 11.7 Å². The lowest BCUT2D eigenvalue weighted by molar-refractivity contribution is -0.219. The monoisotopic (exact) mass is 510 g/mol. The van der Waals surface area contributed by atoms with Crippen molar-refractivity contribution < 1.29 is 38.5 Å². The van der Waals surface area contributed by atoms with Crippen molar-refractivity contribution in [2.45, 2.75) is 63.8 Å². The van der Waals surface area contributed by atoms with Gasteiger partial charge in [0, 0.05) is 22.7 Å². The minimum Gasteiger partial charge on any atom is -0.475 e. The highest BCUT2D eigenvalue weighted by molar-refractivity contribution is 6.36. The summed E-state index contributed by atoms with van der Waals surface area (Å²) in [7, 11) is 0. The van der Waals surface area contributed by atoms with Crippen LogP contribution in [-0.4, -0.2) is 51.1 Å². The van der Waals surface area contributed by atoms with Crippen molar-refractivity contribution in [3.63, 3.8) is 0 Å². The number of ether oxygens (including phenoxy) is 1. The molecule has 0 unspecified atom stereocenters. The van der Waals surface area contributed by atoms with Gasteiger partial charge in [-0.15, -0.1) is 0 Å². The van der Waals surface area contributed by atoms with Gasteiger partial charge in [-0.05, 0) is 62.8 Å². The van der Waals surface area contributed by atoms with Gasteiger partial charge in [0.15, 0.2) is 17.1 Å². The SMILES string of the molecule is C[C@H]1C[C@H]2[C@@H]3CCC4=CC(=O)C=C[C@]4(C)[C@@]3(F)[C@@H](O)C[C@]2(C)[C@@]1(OC(=O)c1ccccc1)C(=O)C(=O)O. The molecule has 0 saturated heterocycles.